The summed E-state index contributed by atoms with van der Waals surface area (Å²) < 4.78 is 5.57. The number of nitrogens with zero attached hydrogens (tertiary/aromatic N) is 3. The first kappa shape index (κ1) is 22.1. The van der Waals surface area contributed by atoms with Gasteiger partial charge in [-0.3, -0.25) is 4.98 Å². The van der Waals surface area contributed by atoms with Gasteiger partial charge in [-0.05, 0) is 63.4 Å². The number of rotatable bonds is 5. The molecule has 1 fully saturated rings. The molecule has 1 atom stereocenters. The van der Waals surface area contributed by atoms with Gasteiger partial charge >= 0.3 is 6.09 Å². The van der Waals surface area contributed by atoms with Crippen molar-refractivity contribution in [2.24, 2.45) is 0 Å². The molecule has 1 aliphatic rings. The fourth-order valence-electron chi connectivity index (χ4n) is 3.62. The van der Waals surface area contributed by atoms with Crippen LogP contribution in [0.4, 0.5) is 16.2 Å². The molecule has 0 spiro atoms. The highest BCUT2D eigenvalue weighted by molar-refractivity contribution is 5.68. The number of likely N-dealkylation sites (tertiary alicyclic amines) is 1. The quantitative estimate of drug-likeness (QED) is 0.772. The Kier molecular flexibility index (Phi) is 7.32. The Balaban J connectivity index is 1.54. The number of carbonyl (C=O) groups is 1. The van der Waals surface area contributed by atoms with Crippen LogP contribution in [0.15, 0.2) is 48.8 Å². The molecule has 1 N–H and O–H groups in total. The smallest absolute Gasteiger partial charge is 0.410 e. The fourth-order valence-corrected chi connectivity index (χ4v) is 3.62. The van der Waals surface area contributed by atoms with E-state index in [1.165, 1.54) is 5.56 Å². The second kappa shape index (κ2) is 9.94. The van der Waals surface area contributed by atoms with Crippen molar-refractivity contribution in [2.75, 3.05) is 25.0 Å². The molecule has 30 heavy (non-hydrogen) atoms. The van der Waals surface area contributed by atoms with Crippen molar-refractivity contribution in [1.82, 2.24) is 15.2 Å². The average Bonchev–Trinajstić information content (AvgIpc) is 2.97. The van der Waals surface area contributed by atoms with Crippen molar-refractivity contribution in [3.05, 3.63) is 54.4 Å². The highest BCUT2D eigenvalue weighted by Crippen LogP contribution is 2.23. The molecule has 1 saturated heterocycles. The molecule has 0 bridgehead atoms. The molecule has 6 nitrogen and oxygen atoms in total. The van der Waals surface area contributed by atoms with Crippen LogP contribution < -0.4 is 10.2 Å². The maximum Gasteiger partial charge on any atom is 0.410 e. The Bertz CT molecular complexity index is 802. The number of aromatic nitrogens is 1. The molecule has 0 radical (unpaired) electrons. The summed E-state index contributed by atoms with van der Waals surface area (Å²) in [7, 11) is 2.05. The molecule has 0 aliphatic carbocycles. The molecule has 2 aromatic rings. The number of hydrogen-bond donors (Lipinski definition) is 1. The number of hydrogen-bond acceptors (Lipinski definition) is 5. The van der Waals surface area contributed by atoms with Crippen LogP contribution in [0.2, 0.25) is 0 Å². The van der Waals surface area contributed by atoms with Crippen molar-refractivity contribution >= 4 is 17.5 Å². The van der Waals surface area contributed by atoms with Crippen molar-refractivity contribution < 1.29 is 9.53 Å². The van der Waals surface area contributed by atoms with E-state index in [0.717, 1.165) is 43.7 Å². The lowest BCUT2D eigenvalue weighted by Crippen LogP contribution is -2.44. The fraction of sp³-hybridized carbons (Fsp3) is 0.500. The van der Waals surface area contributed by atoms with Gasteiger partial charge in [0.1, 0.15) is 5.60 Å². The second-order valence-electron chi connectivity index (χ2n) is 8.93. The highest BCUT2D eigenvalue weighted by Gasteiger charge is 2.26. The number of nitrogens with one attached hydrogen (secondary N) is 1. The van der Waals surface area contributed by atoms with E-state index in [0.29, 0.717) is 6.54 Å². The van der Waals surface area contributed by atoms with Crippen LogP contribution in [0.1, 0.15) is 45.6 Å². The number of amides is 1. The van der Waals surface area contributed by atoms with Crippen LogP contribution in [-0.4, -0.2) is 47.8 Å². The van der Waals surface area contributed by atoms with E-state index >= 15 is 0 Å². The molecule has 2 heterocycles. The topological polar surface area (TPSA) is 57.7 Å². The van der Waals surface area contributed by atoms with Gasteiger partial charge in [0, 0.05) is 56.5 Å². The number of carbonyl (C=O) groups excluding carboxylic acids is 1. The third kappa shape index (κ3) is 6.46. The lowest BCUT2D eigenvalue weighted by atomic mass is 10.1. The summed E-state index contributed by atoms with van der Waals surface area (Å²) in [6, 6.07) is 12.9. The van der Waals surface area contributed by atoms with E-state index in [1.54, 1.807) is 12.4 Å². The highest BCUT2D eigenvalue weighted by atomic mass is 16.6. The van der Waals surface area contributed by atoms with Gasteiger partial charge in [-0.2, -0.15) is 0 Å². The van der Waals surface area contributed by atoms with E-state index in [-0.39, 0.29) is 12.1 Å². The van der Waals surface area contributed by atoms with Gasteiger partial charge in [0.25, 0.3) is 0 Å². The Hall–Kier alpha value is -2.60. The Labute approximate surface area is 180 Å². The monoisotopic (exact) mass is 410 g/mol. The largest absolute Gasteiger partial charge is 0.444 e. The minimum atomic E-state index is -0.461. The van der Waals surface area contributed by atoms with Crippen molar-refractivity contribution in [3.8, 4) is 0 Å². The molecule has 3 rings (SSSR count). The number of ether oxygens (including phenoxy) is 1. The van der Waals surface area contributed by atoms with Crippen LogP contribution >= 0.6 is 0 Å². The van der Waals surface area contributed by atoms with E-state index in [9.17, 15) is 4.79 Å². The molecule has 1 aromatic carbocycles. The van der Waals surface area contributed by atoms with E-state index < -0.39 is 5.60 Å². The number of anilines is 2. The van der Waals surface area contributed by atoms with Gasteiger partial charge in [-0.25, -0.2) is 4.79 Å². The summed E-state index contributed by atoms with van der Waals surface area (Å²) in [6.45, 7) is 7.98. The maximum absolute atomic E-state index is 12.5. The molecule has 1 aromatic heterocycles. The molecule has 0 saturated carbocycles. The number of benzene rings is 1. The lowest BCUT2D eigenvalue weighted by molar-refractivity contribution is 0.0243. The van der Waals surface area contributed by atoms with Crippen LogP contribution in [0.25, 0.3) is 0 Å². The normalized spacial score (nSPS) is 17.3. The Morgan fingerprint density at radius 1 is 1.13 bits per heavy atom. The van der Waals surface area contributed by atoms with Crippen molar-refractivity contribution in [1.29, 1.82) is 0 Å². The van der Waals surface area contributed by atoms with Gasteiger partial charge in [0.05, 0.1) is 0 Å². The predicted molar refractivity (Wildman–Crippen MR) is 121 cm³/mol. The molecular weight excluding hydrogens is 376 g/mol. The van der Waals surface area contributed by atoms with E-state index in [1.807, 2.05) is 37.8 Å². The first-order chi connectivity index (χ1) is 14.3. The van der Waals surface area contributed by atoms with Crippen molar-refractivity contribution in [3.63, 3.8) is 0 Å². The average molecular weight is 411 g/mol. The Morgan fingerprint density at radius 2 is 1.80 bits per heavy atom. The van der Waals surface area contributed by atoms with Gasteiger partial charge < -0.3 is 19.9 Å². The summed E-state index contributed by atoms with van der Waals surface area (Å²) in [5.74, 6) is 0. The van der Waals surface area contributed by atoms with E-state index in [2.05, 4.69) is 46.5 Å². The second-order valence-corrected chi connectivity index (χ2v) is 8.93. The zero-order valence-electron chi connectivity index (χ0n) is 18.6. The first-order valence-electron chi connectivity index (χ1n) is 10.8. The summed E-state index contributed by atoms with van der Waals surface area (Å²) in [5.41, 5.74) is 3.01. The van der Waals surface area contributed by atoms with Gasteiger partial charge in [0.15, 0.2) is 0 Å². The van der Waals surface area contributed by atoms with Crippen LogP contribution in [-0.2, 0) is 11.3 Å². The SMILES string of the molecule is CN(c1ccncc1)c1ccc(CN[C@H]2CCCCN(C(=O)OC(C)(C)C)C2)cc1. The first-order valence-corrected chi connectivity index (χ1v) is 10.8. The van der Waals surface area contributed by atoms with Gasteiger partial charge in [-0.1, -0.05) is 18.6 Å². The summed E-state index contributed by atoms with van der Waals surface area (Å²) in [5, 5.41) is 3.63. The summed E-state index contributed by atoms with van der Waals surface area (Å²) in [4.78, 5) is 20.5. The zero-order valence-corrected chi connectivity index (χ0v) is 18.6. The third-order valence-corrected chi connectivity index (χ3v) is 5.29. The zero-order chi connectivity index (χ0) is 21.6. The number of pyridine rings is 1. The predicted octanol–water partition coefficient (Wildman–Crippen LogP) is 4.73. The summed E-state index contributed by atoms with van der Waals surface area (Å²) in [6.07, 6.45) is 6.61. The van der Waals surface area contributed by atoms with Gasteiger partial charge in [-0.15, -0.1) is 0 Å². The third-order valence-electron chi connectivity index (χ3n) is 5.29. The minimum absolute atomic E-state index is 0.209. The molecule has 162 valence electrons. The lowest BCUT2D eigenvalue weighted by Gasteiger charge is -2.28. The van der Waals surface area contributed by atoms with Crippen LogP contribution in [0, 0.1) is 0 Å². The van der Waals surface area contributed by atoms with Crippen molar-refractivity contribution in [2.45, 2.75) is 58.2 Å². The van der Waals surface area contributed by atoms with E-state index in [4.69, 9.17) is 4.74 Å². The molecule has 1 aliphatic heterocycles. The molecular formula is C24H34N4O2. The van der Waals surface area contributed by atoms with Crippen LogP contribution in [0.5, 0.6) is 0 Å². The molecule has 1 amide bonds. The molecule has 0 unspecified atom stereocenters. The van der Waals surface area contributed by atoms with Crippen LogP contribution in [0.3, 0.4) is 0 Å². The molecule has 6 heteroatoms. The maximum atomic E-state index is 12.5. The Morgan fingerprint density at radius 3 is 2.47 bits per heavy atom. The standard InChI is InChI=1S/C24H34N4O2/c1-24(2,3)30-23(29)28-16-6-5-7-20(18-28)26-17-19-8-10-21(11-9-19)27(4)22-12-14-25-15-13-22/h8-15,20,26H,5-7,16-18H2,1-4H3/t20-/m0/s1. The minimum Gasteiger partial charge on any atom is -0.444 e. The summed E-state index contributed by atoms with van der Waals surface area (Å²) >= 11 is 0. The van der Waals surface area contributed by atoms with Gasteiger partial charge in [0.2, 0.25) is 0 Å².